The van der Waals surface area contributed by atoms with Crippen LogP contribution in [-0.4, -0.2) is 34.0 Å². The Kier molecular flexibility index (Phi) is 4.37. The van der Waals surface area contributed by atoms with Gasteiger partial charge in [0.1, 0.15) is 5.54 Å². The normalized spacial score (nSPS) is 23.4. The number of likely N-dealkylation sites (tertiary alicyclic amines) is 1. The molecule has 0 saturated carbocycles. The molecule has 1 aliphatic rings. The fourth-order valence-electron chi connectivity index (χ4n) is 2.25. The summed E-state index contributed by atoms with van der Waals surface area (Å²) in [6.07, 6.45) is 2.19. The second-order valence-corrected chi connectivity index (χ2v) is 7.95. The highest BCUT2D eigenvalue weighted by molar-refractivity contribution is 9.13. The highest BCUT2D eigenvalue weighted by Crippen LogP contribution is 2.36. The molecule has 0 aliphatic carbocycles. The van der Waals surface area contributed by atoms with Crippen LogP contribution in [0.15, 0.2) is 14.3 Å². The number of carboxylic acid groups (broad SMARTS) is 1. The van der Waals surface area contributed by atoms with Crippen molar-refractivity contribution in [2.24, 2.45) is 0 Å². The lowest BCUT2D eigenvalue weighted by molar-refractivity contribution is -0.150. The summed E-state index contributed by atoms with van der Waals surface area (Å²) in [6.45, 7) is 2.12. The van der Waals surface area contributed by atoms with E-state index in [2.05, 4.69) is 31.9 Å². The number of aliphatic carboxylic acids is 1. The SMILES string of the molecule is CC1(C(=O)O)CCCCN1C(=O)c1cc(Br)c(Br)s1. The van der Waals surface area contributed by atoms with E-state index in [0.717, 1.165) is 21.1 Å². The van der Waals surface area contributed by atoms with Gasteiger partial charge in [0.05, 0.1) is 8.66 Å². The van der Waals surface area contributed by atoms with Gasteiger partial charge in [0, 0.05) is 11.0 Å². The molecule has 2 heterocycles. The summed E-state index contributed by atoms with van der Waals surface area (Å²) in [6, 6.07) is 1.73. The molecule has 1 atom stereocenters. The van der Waals surface area contributed by atoms with Crippen molar-refractivity contribution in [3.63, 3.8) is 0 Å². The maximum Gasteiger partial charge on any atom is 0.329 e. The molecule has 7 heteroatoms. The Morgan fingerprint density at radius 2 is 2.11 bits per heavy atom. The predicted molar refractivity (Wildman–Crippen MR) is 80.6 cm³/mol. The van der Waals surface area contributed by atoms with Crippen molar-refractivity contribution >= 4 is 55.1 Å². The Hall–Kier alpha value is -0.400. The molecule has 1 fully saturated rings. The zero-order valence-electron chi connectivity index (χ0n) is 10.3. The van der Waals surface area contributed by atoms with Gasteiger partial charge in [-0.2, -0.15) is 0 Å². The first kappa shape index (κ1) is 15.0. The van der Waals surface area contributed by atoms with Crippen LogP contribution in [0.4, 0.5) is 0 Å². The molecule has 1 amide bonds. The van der Waals surface area contributed by atoms with E-state index in [4.69, 9.17) is 0 Å². The van der Waals surface area contributed by atoms with Crippen molar-refractivity contribution in [2.75, 3.05) is 6.54 Å². The molecule has 104 valence electrons. The van der Waals surface area contributed by atoms with Crippen molar-refractivity contribution < 1.29 is 14.7 Å². The highest BCUT2D eigenvalue weighted by atomic mass is 79.9. The first-order valence-corrected chi connectivity index (χ1v) is 8.26. The third-order valence-corrected chi connectivity index (χ3v) is 6.70. The van der Waals surface area contributed by atoms with E-state index in [-0.39, 0.29) is 5.91 Å². The smallest absolute Gasteiger partial charge is 0.329 e. The van der Waals surface area contributed by atoms with Crippen LogP contribution in [-0.2, 0) is 4.79 Å². The molecular formula is C12H13Br2NO3S. The van der Waals surface area contributed by atoms with Crippen molar-refractivity contribution in [3.05, 3.63) is 19.2 Å². The first-order valence-electron chi connectivity index (χ1n) is 5.86. The second kappa shape index (κ2) is 5.54. The molecule has 4 nitrogen and oxygen atoms in total. The maximum atomic E-state index is 12.5. The fourth-order valence-corrected chi connectivity index (χ4v) is 4.24. The largest absolute Gasteiger partial charge is 0.480 e. The molecule has 0 spiro atoms. The molecule has 2 rings (SSSR count). The van der Waals surface area contributed by atoms with Crippen molar-refractivity contribution in [3.8, 4) is 0 Å². The number of carboxylic acids is 1. The highest BCUT2D eigenvalue weighted by Gasteiger charge is 2.44. The van der Waals surface area contributed by atoms with E-state index >= 15 is 0 Å². The number of carbonyl (C=O) groups is 2. The third kappa shape index (κ3) is 2.73. The van der Waals surface area contributed by atoms with Crippen LogP contribution in [0.1, 0.15) is 35.9 Å². The molecule has 1 aromatic rings. The van der Waals surface area contributed by atoms with Gasteiger partial charge >= 0.3 is 5.97 Å². The van der Waals surface area contributed by atoms with E-state index < -0.39 is 11.5 Å². The number of carbonyl (C=O) groups excluding carboxylic acids is 1. The number of hydrogen-bond donors (Lipinski definition) is 1. The van der Waals surface area contributed by atoms with E-state index in [9.17, 15) is 14.7 Å². The molecule has 19 heavy (non-hydrogen) atoms. The summed E-state index contributed by atoms with van der Waals surface area (Å²) < 4.78 is 1.65. The number of amides is 1. The molecule has 1 aliphatic heterocycles. The summed E-state index contributed by atoms with van der Waals surface area (Å²) in [5.74, 6) is -1.14. The van der Waals surface area contributed by atoms with Gasteiger partial charge in [-0.25, -0.2) is 4.79 Å². The van der Waals surface area contributed by atoms with E-state index in [1.54, 1.807) is 13.0 Å². The van der Waals surface area contributed by atoms with Crippen LogP contribution in [0.5, 0.6) is 0 Å². The van der Waals surface area contributed by atoms with Crippen LogP contribution in [0, 0.1) is 0 Å². The van der Waals surface area contributed by atoms with Gasteiger partial charge in [-0.15, -0.1) is 11.3 Å². The zero-order chi connectivity index (χ0) is 14.2. The van der Waals surface area contributed by atoms with Gasteiger partial charge < -0.3 is 10.0 Å². The zero-order valence-corrected chi connectivity index (χ0v) is 14.3. The minimum absolute atomic E-state index is 0.207. The number of piperidine rings is 1. The Bertz CT molecular complexity index is 512. The average molecular weight is 411 g/mol. The molecular weight excluding hydrogens is 398 g/mol. The quantitative estimate of drug-likeness (QED) is 0.807. The number of nitrogens with zero attached hydrogens (tertiary/aromatic N) is 1. The fraction of sp³-hybridized carbons (Fsp3) is 0.500. The van der Waals surface area contributed by atoms with Crippen LogP contribution in [0.2, 0.25) is 0 Å². The summed E-state index contributed by atoms with van der Waals surface area (Å²) in [4.78, 5) is 26.0. The Morgan fingerprint density at radius 3 is 2.63 bits per heavy atom. The van der Waals surface area contributed by atoms with Crippen molar-refractivity contribution in [1.29, 1.82) is 0 Å². The molecule has 0 aromatic carbocycles. The van der Waals surface area contributed by atoms with E-state index in [1.165, 1.54) is 16.2 Å². The van der Waals surface area contributed by atoms with Gasteiger partial charge in [-0.1, -0.05) is 0 Å². The second-order valence-electron chi connectivity index (χ2n) is 4.73. The van der Waals surface area contributed by atoms with Crippen LogP contribution < -0.4 is 0 Å². The Morgan fingerprint density at radius 1 is 1.42 bits per heavy atom. The molecule has 1 aromatic heterocycles. The average Bonchev–Trinajstić information content (AvgIpc) is 2.69. The topological polar surface area (TPSA) is 57.6 Å². The van der Waals surface area contributed by atoms with Gasteiger partial charge in [-0.3, -0.25) is 4.79 Å². The molecule has 1 unspecified atom stereocenters. The van der Waals surface area contributed by atoms with E-state index in [1.807, 2.05) is 0 Å². The van der Waals surface area contributed by atoms with Gasteiger partial charge in [0.15, 0.2) is 0 Å². The van der Waals surface area contributed by atoms with Gasteiger partial charge in [0.25, 0.3) is 5.91 Å². The number of thiophene rings is 1. The summed E-state index contributed by atoms with van der Waals surface area (Å²) >= 11 is 8.01. The Balaban J connectivity index is 2.33. The van der Waals surface area contributed by atoms with Gasteiger partial charge in [0.2, 0.25) is 0 Å². The van der Waals surface area contributed by atoms with Crippen LogP contribution >= 0.6 is 43.2 Å². The summed E-state index contributed by atoms with van der Waals surface area (Å²) in [7, 11) is 0. The summed E-state index contributed by atoms with van der Waals surface area (Å²) in [5, 5.41) is 9.41. The minimum Gasteiger partial charge on any atom is -0.480 e. The van der Waals surface area contributed by atoms with E-state index in [0.29, 0.717) is 17.8 Å². The molecule has 0 bridgehead atoms. The predicted octanol–water partition coefficient (Wildman–Crippen LogP) is 3.74. The molecule has 1 saturated heterocycles. The lowest BCUT2D eigenvalue weighted by Gasteiger charge is -2.41. The van der Waals surface area contributed by atoms with Gasteiger partial charge in [-0.05, 0) is 64.1 Å². The van der Waals surface area contributed by atoms with Crippen LogP contribution in [0.25, 0.3) is 0 Å². The summed E-state index contributed by atoms with van der Waals surface area (Å²) in [5.41, 5.74) is -1.10. The van der Waals surface area contributed by atoms with Crippen molar-refractivity contribution in [2.45, 2.75) is 31.7 Å². The standard InChI is InChI=1S/C12H13Br2NO3S/c1-12(11(17)18)4-2-3-5-15(12)10(16)8-6-7(13)9(14)19-8/h6H,2-5H2,1H3,(H,17,18). The lowest BCUT2D eigenvalue weighted by Crippen LogP contribution is -2.57. The van der Waals surface area contributed by atoms with Crippen molar-refractivity contribution in [1.82, 2.24) is 4.90 Å². The maximum absolute atomic E-state index is 12.5. The van der Waals surface area contributed by atoms with Crippen LogP contribution in [0.3, 0.4) is 0 Å². The minimum atomic E-state index is -1.10. The lowest BCUT2D eigenvalue weighted by atomic mass is 9.88. The molecule has 1 N–H and O–H groups in total. The monoisotopic (exact) mass is 409 g/mol. The third-order valence-electron chi connectivity index (χ3n) is 3.45. The molecule has 0 radical (unpaired) electrons. The number of hydrogen-bond acceptors (Lipinski definition) is 3. The Labute approximate surface area is 132 Å². The number of halogens is 2. The first-order chi connectivity index (χ1) is 8.86. The number of rotatable bonds is 2.